The van der Waals surface area contributed by atoms with E-state index in [-0.39, 0.29) is 23.8 Å². The number of hydrogen-bond acceptors (Lipinski definition) is 4. The van der Waals surface area contributed by atoms with Crippen molar-refractivity contribution in [3.8, 4) is 0 Å². The maximum Gasteiger partial charge on any atom is 0.289 e. The second kappa shape index (κ2) is 9.47. The lowest BCUT2D eigenvalue weighted by molar-refractivity contribution is -0.127. The van der Waals surface area contributed by atoms with Gasteiger partial charge in [-0.2, -0.15) is 0 Å². The van der Waals surface area contributed by atoms with Crippen LogP contribution in [0.1, 0.15) is 47.4 Å². The standard InChI is InChI=1S/C24H31N3O3/c1-18-4-2-5-19(16-18)17-26-11-9-21(10-12-26)25-23(28)20-7-13-27(14-8-20)24(29)22-6-3-15-30-22/h2-6,15-16,20-21H,7-14,17H2,1H3,(H,25,28). The lowest BCUT2D eigenvalue weighted by atomic mass is 9.94. The van der Waals surface area contributed by atoms with Crippen molar-refractivity contribution in [2.24, 2.45) is 5.92 Å². The van der Waals surface area contributed by atoms with Crippen LogP contribution in [-0.2, 0) is 11.3 Å². The normalized spacial score (nSPS) is 19.0. The van der Waals surface area contributed by atoms with E-state index in [4.69, 9.17) is 4.42 Å². The van der Waals surface area contributed by atoms with Gasteiger partial charge in [-0.25, -0.2) is 0 Å². The molecule has 2 aliphatic heterocycles. The van der Waals surface area contributed by atoms with Crippen LogP contribution in [0.3, 0.4) is 0 Å². The summed E-state index contributed by atoms with van der Waals surface area (Å²) in [5.74, 6) is 0.434. The average Bonchev–Trinajstić information content (AvgIpc) is 3.30. The molecule has 30 heavy (non-hydrogen) atoms. The van der Waals surface area contributed by atoms with Crippen LogP contribution >= 0.6 is 0 Å². The number of aryl methyl sites for hydroxylation is 1. The Labute approximate surface area is 178 Å². The molecule has 2 saturated heterocycles. The summed E-state index contributed by atoms with van der Waals surface area (Å²) >= 11 is 0. The SMILES string of the molecule is Cc1cccc(CN2CCC(NC(=O)C3CCN(C(=O)c4ccco4)CC3)CC2)c1. The summed E-state index contributed by atoms with van der Waals surface area (Å²) in [6, 6.07) is 12.3. The Morgan fingerprint density at radius 2 is 1.80 bits per heavy atom. The van der Waals surface area contributed by atoms with Gasteiger partial charge in [0, 0.05) is 44.7 Å². The lowest BCUT2D eigenvalue weighted by Gasteiger charge is -2.35. The summed E-state index contributed by atoms with van der Waals surface area (Å²) in [5.41, 5.74) is 2.65. The van der Waals surface area contributed by atoms with E-state index in [1.54, 1.807) is 17.0 Å². The fraction of sp³-hybridized carbons (Fsp3) is 0.500. The quantitative estimate of drug-likeness (QED) is 0.824. The van der Waals surface area contributed by atoms with Gasteiger partial charge in [0.15, 0.2) is 5.76 Å². The molecule has 0 atom stereocenters. The molecule has 6 heteroatoms. The number of rotatable bonds is 5. The first-order valence-electron chi connectivity index (χ1n) is 11.0. The molecule has 3 heterocycles. The zero-order chi connectivity index (χ0) is 20.9. The van der Waals surface area contributed by atoms with Gasteiger partial charge < -0.3 is 14.6 Å². The Morgan fingerprint density at radius 1 is 1.03 bits per heavy atom. The van der Waals surface area contributed by atoms with Crippen LogP contribution in [0.25, 0.3) is 0 Å². The minimum atomic E-state index is -0.0835. The highest BCUT2D eigenvalue weighted by Crippen LogP contribution is 2.21. The molecule has 0 unspecified atom stereocenters. The van der Waals surface area contributed by atoms with Gasteiger partial charge in [0.2, 0.25) is 5.91 Å². The minimum Gasteiger partial charge on any atom is -0.459 e. The van der Waals surface area contributed by atoms with Gasteiger partial charge in [-0.05, 0) is 50.3 Å². The number of hydrogen-bond donors (Lipinski definition) is 1. The number of likely N-dealkylation sites (tertiary alicyclic amines) is 2. The van der Waals surface area contributed by atoms with Gasteiger partial charge >= 0.3 is 0 Å². The molecule has 2 aromatic rings. The number of carbonyl (C=O) groups excluding carboxylic acids is 2. The molecule has 0 bridgehead atoms. The molecule has 0 radical (unpaired) electrons. The number of amides is 2. The third kappa shape index (κ3) is 5.11. The van der Waals surface area contributed by atoms with Crippen LogP contribution in [0.15, 0.2) is 47.1 Å². The number of furan rings is 1. The molecule has 4 rings (SSSR count). The number of nitrogens with one attached hydrogen (secondary N) is 1. The van der Waals surface area contributed by atoms with E-state index in [1.807, 2.05) is 0 Å². The molecular weight excluding hydrogens is 378 g/mol. The molecule has 0 saturated carbocycles. The molecule has 1 N–H and O–H groups in total. The smallest absolute Gasteiger partial charge is 0.289 e. The molecule has 0 spiro atoms. The zero-order valence-electron chi connectivity index (χ0n) is 17.7. The number of piperidine rings is 2. The highest BCUT2D eigenvalue weighted by atomic mass is 16.3. The fourth-order valence-electron chi connectivity index (χ4n) is 4.52. The van der Waals surface area contributed by atoms with Gasteiger partial charge in [0.1, 0.15) is 0 Å². The molecule has 2 amide bonds. The summed E-state index contributed by atoms with van der Waals surface area (Å²) in [4.78, 5) is 29.3. The Hall–Kier alpha value is -2.60. The molecule has 160 valence electrons. The second-order valence-corrected chi connectivity index (χ2v) is 8.59. The van der Waals surface area contributed by atoms with Crippen LogP contribution in [-0.4, -0.2) is 53.8 Å². The van der Waals surface area contributed by atoms with Crippen LogP contribution in [0, 0.1) is 12.8 Å². The van der Waals surface area contributed by atoms with Crippen LogP contribution in [0.4, 0.5) is 0 Å². The van der Waals surface area contributed by atoms with Crippen molar-refractivity contribution in [2.75, 3.05) is 26.2 Å². The van der Waals surface area contributed by atoms with Crippen molar-refractivity contribution in [2.45, 2.75) is 45.2 Å². The third-order valence-corrected chi connectivity index (χ3v) is 6.31. The average molecular weight is 410 g/mol. The van der Waals surface area contributed by atoms with Gasteiger partial charge in [-0.15, -0.1) is 0 Å². The van der Waals surface area contributed by atoms with Gasteiger partial charge in [0.25, 0.3) is 5.91 Å². The minimum absolute atomic E-state index is 0.00373. The van der Waals surface area contributed by atoms with E-state index in [2.05, 4.69) is 41.4 Å². The highest BCUT2D eigenvalue weighted by molar-refractivity contribution is 5.91. The maximum absolute atomic E-state index is 12.7. The van der Waals surface area contributed by atoms with Crippen molar-refractivity contribution in [1.29, 1.82) is 0 Å². The van der Waals surface area contributed by atoms with Crippen molar-refractivity contribution < 1.29 is 14.0 Å². The third-order valence-electron chi connectivity index (χ3n) is 6.31. The van der Waals surface area contributed by atoms with Crippen molar-refractivity contribution in [3.05, 3.63) is 59.5 Å². The fourth-order valence-corrected chi connectivity index (χ4v) is 4.52. The first-order chi connectivity index (χ1) is 14.6. The molecule has 2 aliphatic rings. The Kier molecular flexibility index (Phi) is 6.53. The first-order valence-corrected chi connectivity index (χ1v) is 11.0. The maximum atomic E-state index is 12.7. The van der Waals surface area contributed by atoms with Crippen LogP contribution in [0.5, 0.6) is 0 Å². The number of carbonyl (C=O) groups is 2. The van der Waals surface area contributed by atoms with E-state index in [0.29, 0.717) is 31.7 Å². The molecule has 1 aromatic heterocycles. The van der Waals surface area contributed by atoms with E-state index in [9.17, 15) is 9.59 Å². The largest absolute Gasteiger partial charge is 0.459 e. The second-order valence-electron chi connectivity index (χ2n) is 8.59. The number of nitrogens with zero attached hydrogens (tertiary/aromatic N) is 2. The Bertz CT molecular complexity index is 848. The predicted molar refractivity (Wildman–Crippen MR) is 115 cm³/mol. The van der Waals surface area contributed by atoms with Crippen molar-refractivity contribution >= 4 is 11.8 Å². The van der Waals surface area contributed by atoms with Crippen LogP contribution in [0.2, 0.25) is 0 Å². The van der Waals surface area contributed by atoms with E-state index < -0.39 is 0 Å². The summed E-state index contributed by atoms with van der Waals surface area (Å²) in [7, 11) is 0. The molecule has 2 fully saturated rings. The van der Waals surface area contributed by atoms with E-state index in [0.717, 1.165) is 32.5 Å². The van der Waals surface area contributed by atoms with Crippen LogP contribution < -0.4 is 5.32 Å². The topological polar surface area (TPSA) is 65.8 Å². The zero-order valence-corrected chi connectivity index (χ0v) is 17.7. The Balaban J connectivity index is 1.19. The summed E-state index contributed by atoms with van der Waals surface area (Å²) < 4.78 is 5.20. The molecule has 0 aliphatic carbocycles. The number of benzene rings is 1. The van der Waals surface area contributed by atoms with Gasteiger partial charge in [0.05, 0.1) is 6.26 Å². The van der Waals surface area contributed by atoms with E-state index in [1.165, 1.54) is 17.4 Å². The molecule has 6 nitrogen and oxygen atoms in total. The Morgan fingerprint density at radius 3 is 2.47 bits per heavy atom. The van der Waals surface area contributed by atoms with Gasteiger partial charge in [-0.1, -0.05) is 29.8 Å². The summed E-state index contributed by atoms with van der Waals surface area (Å²) in [5, 5.41) is 3.27. The predicted octanol–water partition coefficient (Wildman–Crippen LogP) is 3.22. The summed E-state index contributed by atoms with van der Waals surface area (Å²) in [6.45, 7) is 6.33. The van der Waals surface area contributed by atoms with Crippen molar-refractivity contribution in [1.82, 2.24) is 15.1 Å². The molecular formula is C24H31N3O3. The summed E-state index contributed by atoms with van der Waals surface area (Å²) in [6.07, 6.45) is 4.93. The molecule has 1 aromatic carbocycles. The van der Waals surface area contributed by atoms with Crippen molar-refractivity contribution in [3.63, 3.8) is 0 Å². The van der Waals surface area contributed by atoms with E-state index >= 15 is 0 Å². The lowest BCUT2D eigenvalue weighted by Crippen LogP contribution is -2.48. The highest BCUT2D eigenvalue weighted by Gasteiger charge is 2.30. The first kappa shape index (κ1) is 20.7. The monoisotopic (exact) mass is 409 g/mol. The van der Waals surface area contributed by atoms with Gasteiger partial charge in [-0.3, -0.25) is 14.5 Å².